The van der Waals surface area contributed by atoms with Crippen molar-refractivity contribution in [2.45, 2.75) is 5.41 Å². The highest BCUT2D eigenvalue weighted by molar-refractivity contribution is 6.08. The van der Waals surface area contributed by atoms with Gasteiger partial charge >= 0.3 is 0 Å². The maximum atomic E-state index is 5.04. The first kappa shape index (κ1) is 59.5. The van der Waals surface area contributed by atoms with E-state index in [4.69, 9.17) is 19.9 Å². The number of aromatic nitrogens is 4. The predicted molar refractivity (Wildman–Crippen MR) is 427 cm³/mol. The van der Waals surface area contributed by atoms with Crippen LogP contribution in [0.2, 0.25) is 0 Å². The molecule has 0 saturated heterocycles. The Labute approximate surface area is 608 Å². The van der Waals surface area contributed by atoms with E-state index in [-0.39, 0.29) is 0 Å². The van der Waals surface area contributed by atoms with Gasteiger partial charge in [-0.2, -0.15) is 0 Å². The van der Waals surface area contributed by atoms with Crippen molar-refractivity contribution in [1.29, 1.82) is 0 Å². The third-order valence-electron chi connectivity index (χ3n) is 21.1. The highest BCUT2D eigenvalue weighted by Gasteiger charge is 2.49. The molecule has 1 aliphatic carbocycles. The van der Waals surface area contributed by atoms with Crippen LogP contribution in [0.15, 0.2) is 377 Å². The van der Waals surface area contributed by atoms with Crippen molar-refractivity contribution in [3.63, 3.8) is 0 Å². The van der Waals surface area contributed by atoms with Gasteiger partial charge in [0.1, 0.15) is 23.3 Å². The van der Waals surface area contributed by atoms with Crippen molar-refractivity contribution in [2.24, 2.45) is 0 Å². The SMILES string of the molecule is c1ccc(N2c3ccccc3N(c3cc(N4c5ccccc5N(c5ccccn5)c5ccccc54)cc(C4(c5cc(N6c7ccccc7N(c7ccccn7)c7ccccc76)cc(N6c7ccccc7N(c7ccccn7)c7ccccc76)c5)c5ccccc5-c5ccccc54)c3)c3ccccc32)nc1. The molecule has 0 N–H and O–H groups in total. The average molecular weight is 1350 g/mol. The van der Waals surface area contributed by atoms with Gasteiger partial charge in [0, 0.05) is 47.5 Å². The van der Waals surface area contributed by atoms with Crippen LogP contribution in [0.4, 0.5) is 137 Å². The normalized spacial score (nSPS) is 13.8. The van der Waals surface area contributed by atoms with E-state index in [9.17, 15) is 0 Å². The quantitative estimate of drug-likeness (QED) is 0.131. The lowest BCUT2D eigenvalue weighted by Gasteiger charge is -2.43. The van der Waals surface area contributed by atoms with Crippen LogP contribution in [-0.2, 0) is 5.41 Å². The van der Waals surface area contributed by atoms with E-state index in [0.717, 1.165) is 170 Å². The van der Waals surface area contributed by atoms with E-state index in [2.05, 4.69) is 367 Å². The second-order valence-electron chi connectivity index (χ2n) is 26.7. The summed E-state index contributed by atoms with van der Waals surface area (Å²) in [4.78, 5) is 39.3. The Kier molecular flexibility index (Phi) is 13.5. The van der Waals surface area contributed by atoms with Crippen molar-refractivity contribution >= 4 is 137 Å². The highest BCUT2D eigenvalue weighted by Crippen LogP contribution is 2.64. The van der Waals surface area contributed by atoms with Crippen molar-refractivity contribution in [3.05, 3.63) is 399 Å². The minimum atomic E-state index is -1.07. The zero-order valence-corrected chi connectivity index (χ0v) is 56.7. The van der Waals surface area contributed by atoms with Gasteiger partial charge in [-0.1, -0.05) is 170 Å². The van der Waals surface area contributed by atoms with E-state index in [1.54, 1.807) is 0 Å². The van der Waals surface area contributed by atoms with Crippen LogP contribution >= 0.6 is 0 Å². The summed E-state index contributed by atoms with van der Waals surface area (Å²) < 4.78 is 0. The molecular formula is C93H62N12. The van der Waals surface area contributed by atoms with Gasteiger partial charge in [0.05, 0.1) is 96.4 Å². The summed E-state index contributed by atoms with van der Waals surface area (Å²) >= 11 is 0. The zero-order chi connectivity index (χ0) is 69.1. The lowest BCUT2D eigenvalue weighted by Crippen LogP contribution is -2.31. The second kappa shape index (κ2) is 23.9. The maximum absolute atomic E-state index is 5.04. The zero-order valence-electron chi connectivity index (χ0n) is 56.7. The Morgan fingerprint density at radius 2 is 0.352 bits per heavy atom. The molecule has 0 saturated carbocycles. The van der Waals surface area contributed by atoms with E-state index in [1.807, 2.05) is 49.1 Å². The Morgan fingerprint density at radius 3 is 0.552 bits per heavy atom. The van der Waals surface area contributed by atoms with Crippen molar-refractivity contribution in [3.8, 4) is 11.1 Å². The number of nitrogens with zero attached hydrogens (tertiary/aromatic N) is 12. The molecule has 105 heavy (non-hydrogen) atoms. The molecule has 12 nitrogen and oxygen atoms in total. The van der Waals surface area contributed by atoms with Crippen LogP contribution in [0.3, 0.4) is 0 Å². The van der Waals surface area contributed by atoms with E-state index < -0.39 is 5.41 Å². The molecule has 0 fully saturated rings. The Hall–Kier alpha value is -14.4. The van der Waals surface area contributed by atoms with Gasteiger partial charge in [-0.05, 0) is 215 Å². The Balaban J connectivity index is 0.897. The van der Waals surface area contributed by atoms with Gasteiger partial charge in [0.25, 0.3) is 0 Å². The van der Waals surface area contributed by atoms with Gasteiger partial charge in [0.15, 0.2) is 0 Å². The van der Waals surface area contributed by atoms with Crippen molar-refractivity contribution in [1.82, 2.24) is 19.9 Å². The summed E-state index contributed by atoms with van der Waals surface area (Å²) in [5, 5.41) is 0. The average Bonchev–Trinajstić information content (AvgIpc) is 1.59. The van der Waals surface area contributed by atoms with E-state index >= 15 is 0 Å². The largest absolute Gasteiger partial charge is 0.306 e. The van der Waals surface area contributed by atoms with Crippen LogP contribution in [0, 0.1) is 0 Å². The molecule has 12 aromatic carbocycles. The van der Waals surface area contributed by atoms with Gasteiger partial charge in [0.2, 0.25) is 0 Å². The molecule has 0 amide bonds. The summed E-state index contributed by atoms with van der Waals surface area (Å²) in [6.45, 7) is 0. The lowest BCUT2D eigenvalue weighted by molar-refractivity contribution is 0.768. The molecule has 16 aromatic rings. The molecule has 8 heterocycles. The predicted octanol–water partition coefficient (Wildman–Crippen LogP) is 24.6. The van der Waals surface area contributed by atoms with Crippen molar-refractivity contribution in [2.75, 3.05) is 39.2 Å². The summed E-state index contributed by atoms with van der Waals surface area (Å²) in [6, 6.07) is 128. The summed E-state index contributed by atoms with van der Waals surface area (Å²) in [6.07, 6.45) is 7.51. The lowest BCUT2D eigenvalue weighted by atomic mass is 9.67. The Morgan fingerprint density at radius 1 is 0.171 bits per heavy atom. The third-order valence-corrected chi connectivity index (χ3v) is 21.1. The maximum Gasteiger partial charge on any atom is 0.137 e. The first-order chi connectivity index (χ1) is 52.2. The van der Waals surface area contributed by atoms with Crippen molar-refractivity contribution < 1.29 is 0 Å². The molecule has 4 aliphatic heterocycles. The number of rotatable bonds is 10. The fourth-order valence-corrected chi connectivity index (χ4v) is 17.0. The monoisotopic (exact) mass is 1350 g/mol. The molecule has 0 spiro atoms. The molecule has 5 aliphatic rings. The number of hydrogen-bond acceptors (Lipinski definition) is 12. The van der Waals surface area contributed by atoms with Crippen LogP contribution in [0.5, 0.6) is 0 Å². The molecule has 21 rings (SSSR count). The molecule has 12 heteroatoms. The second-order valence-corrected chi connectivity index (χ2v) is 26.7. The van der Waals surface area contributed by atoms with Gasteiger partial charge in [-0.3, -0.25) is 19.6 Å². The fraction of sp³-hybridized carbons (Fsp3) is 0.0108. The number of benzene rings is 12. The number of para-hydroxylation sites is 16. The molecule has 4 aromatic heterocycles. The van der Waals surface area contributed by atoms with Gasteiger partial charge < -0.3 is 19.6 Å². The first-order valence-electron chi connectivity index (χ1n) is 35.4. The third kappa shape index (κ3) is 9.06. The van der Waals surface area contributed by atoms with Gasteiger partial charge in [-0.15, -0.1) is 0 Å². The van der Waals surface area contributed by atoms with Crippen LogP contribution in [0.25, 0.3) is 11.1 Å². The molecule has 0 bridgehead atoms. The number of fused-ring (bicyclic) bond motifs is 11. The number of pyridine rings is 4. The smallest absolute Gasteiger partial charge is 0.137 e. The minimum absolute atomic E-state index is 0.825. The molecule has 494 valence electrons. The standard InChI is InChI=1S/C93H62N12/c1-3-31-71-69(29-1)70-30-2-4-32-72(70)93(71,63-57-65(98-73-33-5-13-41-81(73)102(89-49-21-25-53-94-89)82-42-14-6-34-74(82)98)61-66(58-63)99-75-35-7-15-43-83(75)103(90-50-22-26-54-95-90)84-44-16-8-36-76(84)99)64-59-67(100-77-37-9-17-45-85(77)104(91-51-23-27-55-96-91)86-46-18-10-38-78(86)100)62-68(60-64)101-79-39-11-19-47-87(79)105(92-52-24-28-56-97-92)88-48-20-12-40-80(88)101/h1-62H. The first-order valence-corrected chi connectivity index (χ1v) is 35.4. The van der Waals surface area contributed by atoms with E-state index in [0.29, 0.717) is 0 Å². The number of hydrogen-bond donors (Lipinski definition) is 0. The fourth-order valence-electron chi connectivity index (χ4n) is 17.0. The summed E-state index contributed by atoms with van der Waals surface area (Å²) in [7, 11) is 0. The topological polar surface area (TPSA) is 77.5 Å². The van der Waals surface area contributed by atoms with Crippen LogP contribution < -0.4 is 39.2 Å². The van der Waals surface area contributed by atoms with Crippen LogP contribution in [0.1, 0.15) is 22.3 Å². The number of anilines is 24. The summed E-state index contributed by atoms with van der Waals surface area (Å²) in [5.74, 6) is 3.30. The molecule has 0 atom stereocenters. The minimum Gasteiger partial charge on any atom is -0.306 e. The van der Waals surface area contributed by atoms with E-state index in [1.165, 1.54) is 0 Å². The molecule has 0 radical (unpaired) electrons. The van der Waals surface area contributed by atoms with Crippen LogP contribution in [-0.4, -0.2) is 19.9 Å². The molecule has 0 unspecified atom stereocenters. The van der Waals surface area contributed by atoms with Gasteiger partial charge in [-0.25, -0.2) is 19.9 Å². The highest BCUT2D eigenvalue weighted by atomic mass is 15.3. The Bertz CT molecular complexity index is 5220. The molecular weight excluding hydrogens is 1290 g/mol. The summed E-state index contributed by atoms with van der Waals surface area (Å²) in [5.41, 5.74) is 25.5.